The second kappa shape index (κ2) is 10.6. The monoisotopic (exact) mass is 564 g/mol. The van der Waals surface area contributed by atoms with Gasteiger partial charge in [-0.15, -0.1) is 0 Å². The average molecular weight is 565 g/mol. The van der Waals surface area contributed by atoms with Gasteiger partial charge < -0.3 is 4.42 Å². The fraction of sp³-hybridized carbons (Fsp3) is 0.250. The van der Waals surface area contributed by atoms with Crippen LogP contribution < -0.4 is 9.13 Å². The summed E-state index contributed by atoms with van der Waals surface area (Å²) in [5.74, 6) is 0.808. The zero-order valence-corrected chi connectivity index (χ0v) is 25.9. The lowest BCUT2D eigenvalue weighted by Crippen LogP contribution is -2.46. The Balaban J connectivity index is 1.38. The quantitative estimate of drug-likeness (QED) is 0.185. The molecular weight excluding hydrogens is 524 g/mol. The van der Waals surface area contributed by atoms with Gasteiger partial charge in [0.25, 0.3) is 0 Å². The maximum Gasteiger partial charge on any atom is 0.222 e. The van der Waals surface area contributed by atoms with E-state index in [1.165, 1.54) is 44.6 Å². The summed E-state index contributed by atoms with van der Waals surface area (Å²) in [6.07, 6.45) is 8.30. The minimum atomic E-state index is 0.352. The SMILES string of the molecule is C=C[n+]1ccc(C(C)C)cc1-c1c(CCC2c3cc(C)ccc3-c3cc(C)cc[n+]3C2C)ccc2c1oc1ccccc12. The number of hydrogen-bond donors (Lipinski definition) is 0. The first-order valence-electron chi connectivity index (χ1n) is 15.6. The molecule has 0 amide bonds. The van der Waals surface area contributed by atoms with Crippen molar-refractivity contribution in [1.29, 1.82) is 0 Å². The Bertz CT molecular complexity index is 2030. The molecule has 3 aromatic carbocycles. The highest BCUT2D eigenvalue weighted by Gasteiger charge is 2.37. The highest BCUT2D eigenvalue weighted by Crippen LogP contribution is 2.43. The van der Waals surface area contributed by atoms with Gasteiger partial charge in [0, 0.05) is 46.5 Å². The van der Waals surface area contributed by atoms with Crippen molar-refractivity contribution in [2.75, 3.05) is 0 Å². The Morgan fingerprint density at radius 1 is 0.860 bits per heavy atom. The Morgan fingerprint density at radius 2 is 1.67 bits per heavy atom. The van der Waals surface area contributed by atoms with Crippen molar-refractivity contribution in [2.45, 2.75) is 65.3 Å². The first-order chi connectivity index (χ1) is 20.8. The van der Waals surface area contributed by atoms with Crippen molar-refractivity contribution in [1.82, 2.24) is 0 Å². The summed E-state index contributed by atoms with van der Waals surface area (Å²) in [6.45, 7) is 15.4. The zero-order valence-electron chi connectivity index (χ0n) is 25.9. The minimum Gasteiger partial charge on any atom is -0.455 e. The molecule has 0 saturated carbocycles. The molecule has 0 fully saturated rings. The number of aromatic nitrogens is 2. The third-order valence-electron chi connectivity index (χ3n) is 9.53. The van der Waals surface area contributed by atoms with Crippen LogP contribution in [-0.4, -0.2) is 0 Å². The summed E-state index contributed by atoms with van der Waals surface area (Å²) in [5, 5.41) is 2.32. The van der Waals surface area contributed by atoms with E-state index in [0.717, 1.165) is 40.5 Å². The van der Waals surface area contributed by atoms with Crippen LogP contribution in [0.4, 0.5) is 0 Å². The van der Waals surface area contributed by atoms with Gasteiger partial charge in [0.15, 0.2) is 24.6 Å². The molecule has 1 aliphatic rings. The zero-order chi connectivity index (χ0) is 29.8. The third-order valence-corrected chi connectivity index (χ3v) is 9.53. The van der Waals surface area contributed by atoms with Crippen LogP contribution in [0.25, 0.3) is 50.7 Å². The van der Waals surface area contributed by atoms with E-state index in [1.54, 1.807) is 0 Å². The summed E-state index contributed by atoms with van der Waals surface area (Å²) in [4.78, 5) is 0. The van der Waals surface area contributed by atoms with Crippen molar-refractivity contribution in [3.8, 4) is 22.5 Å². The van der Waals surface area contributed by atoms with Gasteiger partial charge in [-0.3, -0.25) is 0 Å². The van der Waals surface area contributed by atoms with Crippen LogP contribution in [0.2, 0.25) is 0 Å². The normalized spacial score (nSPS) is 16.0. The molecular formula is C40H40N2O+2. The minimum absolute atomic E-state index is 0.352. The lowest BCUT2D eigenvalue weighted by molar-refractivity contribution is -0.714. The second-order valence-electron chi connectivity index (χ2n) is 12.6. The van der Waals surface area contributed by atoms with Gasteiger partial charge in [0.1, 0.15) is 11.2 Å². The van der Waals surface area contributed by atoms with Crippen molar-refractivity contribution in [2.24, 2.45) is 0 Å². The summed E-state index contributed by atoms with van der Waals surface area (Å²) in [6, 6.07) is 29.4. The Hall–Kier alpha value is -4.50. The summed E-state index contributed by atoms with van der Waals surface area (Å²) in [7, 11) is 0. The second-order valence-corrected chi connectivity index (χ2v) is 12.6. The van der Waals surface area contributed by atoms with Gasteiger partial charge in [0.05, 0.1) is 5.56 Å². The Kier molecular flexibility index (Phi) is 6.77. The number of hydrogen-bond acceptors (Lipinski definition) is 1. The fourth-order valence-electron chi connectivity index (χ4n) is 7.14. The van der Waals surface area contributed by atoms with Gasteiger partial charge in [-0.05, 0) is 80.5 Å². The van der Waals surface area contributed by atoms with Crippen molar-refractivity contribution >= 4 is 28.1 Å². The molecule has 3 aromatic heterocycles. The number of para-hydroxylation sites is 1. The van der Waals surface area contributed by atoms with Crippen LogP contribution in [0.5, 0.6) is 0 Å². The molecule has 1 aliphatic heterocycles. The van der Waals surface area contributed by atoms with Crippen LogP contribution in [-0.2, 0) is 6.42 Å². The summed E-state index contributed by atoms with van der Waals surface area (Å²) < 4.78 is 11.3. The van der Waals surface area contributed by atoms with E-state index in [9.17, 15) is 0 Å². The van der Waals surface area contributed by atoms with Gasteiger partial charge in [-0.25, -0.2) is 0 Å². The van der Waals surface area contributed by atoms with E-state index in [0.29, 0.717) is 17.9 Å². The molecule has 4 heterocycles. The van der Waals surface area contributed by atoms with E-state index in [-0.39, 0.29) is 0 Å². The number of furan rings is 1. The van der Waals surface area contributed by atoms with Gasteiger partial charge in [0.2, 0.25) is 11.4 Å². The van der Waals surface area contributed by atoms with Crippen LogP contribution in [0, 0.1) is 13.8 Å². The average Bonchev–Trinajstić information content (AvgIpc) is 3.39. The van der Waals surface area contributed by atoms with E-state index in [2.05, 4.69) is 142 Å². The number of pyridine rings is 2. The van der Waals surface area contributed by atoms with E-state index in [4.69, 9.17) is 4.42 Å². The molecule has 0 N–H and O–H groups in total. The first kappa shape index (κ1) is 27.3. The smallest absolute Gasteiger partial charge is 0.222 e. The Labute approximate surface area is 254 Å². The standard InChI is InChI=1S/C40H40N2O/c1-7-41-20-19-30(25(2)3)24-37(41)39-29(14-17-34-33-10-8-9-11-38(33)43-40(34)39)13-16-31-28(6)42-21-18-27(5)23-36(42)32-15-12-26(4)22-35(31)32/h7-12,14-15,17-25,28,31H,1,13,16H2,2-6H3/q+2. The number of aryl methyl sites for hydroxylation is 3. The summed E-state index contributed by atoms with van der Waals surface area (Å²) >= 11 is 0. The molecule has 3 heteroatoms. The molecule has 43 heavy (non-hydrogen) atoms. The fourth-order valence-corrected chi connectivity index (χ4v) is 7.14. The van der Waals surface area contributed by atoms with Gasteiger partial charge in [-0.2, -0.15) is 9.13 Å². The molecule has 0 spiro atoms. The molecule has 7 rings (SSSR count). The lowest BCUT2D eigenvalue weighted by atomic mass is 9.79. The van der Waals surface area contributed by atoms with Crippen LogP contribution in [0.15, 0.2) is 102 Å². The number of benzene rings is 3. The predicted octanol–water partition coefficient (Wildman–Crippen LogP) is 9.63. The molecule has 6 aromatic rings. The largest absolute Gasteiger partial charge is 0.455 e. The first-order valence-corrected chi connectivity index (χ1v) is 15.6. The van der Waals surface area contributed by atoms with Crippen molar-refractivity contribution in [3.05, 3.63) is 126 Å². The molecule has 0 bridgehead atoms. The lowest BCUT2D eigenvalue weighted by Gasteiger charge is -2.29. The topological polar surface area (TPSA) is 20.9 Å². The van der Waals surface area contributed by atoms with Crippen molar-refractivity contribution in [3.63, 3.8) is 0 Å². The highest BCUT2D eigenvalue weighted by molar-refractivity contribution is 6.09. The van der Waals surface area contributed by atoms with Gasteiger partial charge in [-0.1, -0.05) is 61.9 Å². The molecule has 0 aliphatic carbocycles. The van der Waals surface area contributed by atoms with Crippen LogP contribution in [0.3, 0.4) is 0 Å². The maximum absolute atomic E-state index is 6.67. The summed E-state index contributed by atoms with van der Waals surface area (Å²) in [5.41, 5.74) is 13.6. The number of rotatable bonds is 6. The van der Waals surface area contributed by atoms with Gasteiger partial charge >= 0.3 is 0 Å². The maximum atomic E-state index is 6.67. The molecule has 0 saturated heterocycles. The van der Waals surface area contributed by atoms with E-state index in [1.807, 2.05) is 6.20 Å². The number of nitrogens with zero attached hydrogens (tertiary/aromatic N) is 2. The van der Waals surface area contributed by atoms with E-state index >= 15 is 0 Å². The number of fused-ring (bicyclic) bond motifs is 6. The van der Waals surface area contributed by atoms with Crippen LogP contribution in [0.1, 0.15) is 72.9 Å². The molecule has 2 unspecified atom stereocenters. The molecule has 3 nitrogen and oxygen atoms in total. The Morgan fingerprint density at radius 3 is 2.49 bits per heavy atom. The van der Waals surface area contributed by atoms with Crippen molar-refractivity contribution < 1.29 is 13.6 Å². The molecule has 214 valence electrons. The molecule has 2 atom stereocenters. The predicted molar refractivity (Wildman–Crippen MR) is 177 cm³/mol. The van der Waals surface area contributed by atoms with E-state index < -0.39 is 0 Å². The highest BCUT2D eigenvalue weighted by atomic mass is 16.3. The third kappa shape index (κ3) is 4.59. The molecule has 0 radical (unpaired) electrons. The van der Waals surface area contributed by atoms with Crippen LogP contribution >= 0.6 is 0 Å².